The standard InChI is InChI=1S/C9H14O2/c1-2-6-7-4-3-5-8(7)11-9(6)10/h6-8H,2-5H2,1H3/t6-,7-,8-/m0/s1. The third kappa shape index (κ3) is 0.959. The molecular formula is C9H14O2. The molecule has 1 saturated heterocycles. The smallest absolute Gasteiger partial charge is 0.309 e. The summed E-state index contributed by atoms with van der Waals surface area (Å²) in [6.45, 7) is 2.08. The van der Waals surface area contributed by atoms with Gasteiger partial charge in [-0.25, -0.2) is 0 Å². The third-order valence-corrected chi connectivity index (χ3v) is 3.03. The third-order valence-electron chi connectivity index (χ3n) is 3.03. The average molecular weight is 154 g/mol. The van der Waals surface area contributed by atoms with Gasteiger partial charge in [0.15, 0.2) is 0 Å². The zero-order valence-electron chi connectivity index (χ0n) is 6.88. The van der Waals surface area contributed by atoms with Crippen molar-refractivity contribution in [3.63, 3.8) is 0 Å². The zero-order chi connectivity index (χ0) is 7.84. The van der Waals surface area contributed by atoms with E-state index >= 15 is 0 Å². The number of carbonyl (C=O) groups is 1. The Hall–Kier alpha value is -0.530. The molecule has 2 aliphatic rings. The highest BCUT2D eigenvalue weighted by atomic mass is 16.6. The Balaban J connectivity index is 2.13. The van der Waals surface area contributed by atoms with Crippen LogP contribution in [-0.4, -0.2) is 12.1 Å². The first-order valence-electron chi connectivity index (χ1n) is 4.53. The Morgan fingerprint density at radius 3 is 3.09 bits per heavy atom. The maximum absolute atomic E-state index is 11.2. The predicted octanol–water partition coefficient (Wildman–Crippen LogP) is 1.74. The van der Waals surface area contributed by atoms with Crippen LogP contribution < -0.4 is 0 Å². The average Bonchev–Trinajstić information content (AvgIpc) is 2.46. The SMILES string of the molecule is CC[C@@H]1C(=O)O[C@H]2CCC[C@H]21. The van der Waals surface area contributed by atoms with Crippen LogP contribution in [0.3, 0.4) is 0 Å². The van der Waals surface area contributed by atoms with E-state index in [-0.39, 0.29) is 18.0 Å². The lowest BCUT2D eigenvalue weighted by Crippen LogP contribution is -2.14. The highest BCUT2D eigenvalue weighted by molar-refractivity contribution is 5.75. The molecule has 0 aromatic rings. The molecule has 2 nitrogen and oxygen atoms in total. The van der Waals surface area contributed by atoms with E-state index in [4.69, 9.17) is 4.74 Å². The molecule has 2 rings (SSSR count). The molecule has 0 aromatic heterocycles. The van der Waals surface area contributed by atoms with Gasteiger partial charge in [0, 0.05) is 5.92 Å². The molecule has 0 unspecified atom stereocenters. The molecule has 1 saturated carbocycles. The lowest BCUT2D eigenvalue weighted by atomic mass is 9.90. The summed E-state index contributed by atoms with van der Waals surface area (Å²) < 4.78 is 5.25. The first-order valence-corrected chi connectivity index (χ1v) is 4.53. The molecular weight excluding hydrogens is 140 g/mol. The second-order valence-corrected chi connectivity index (χ2v) is 3.58. The highest BCUT2D eigenvalue weighted by Crippen LogP contribution is 2.41. The van der Waals surface area contributed by atoms with Gasteiger partial charge < -0.3 is 4.74 Å². The van der Waals surface area contributed by atoms with E-state index in [0.717, 1.165) is 12.8 Å². The molecule has 0 spiro atoms. The second kappa shape index (κ2) is 2.50. The van der Waals surface area contributed by atoms with Crippen molar-refractivity contribution in [2.45, 2.75) is 38.7 Å². The van der Waals surface area contributed by atoms with Crippen molar-refractivity contribution in [2.24, 2.45) is 11.8 Å². The fourth-order valence-corrected chi connectivity index (χ4v) is 2.44. The molecule has 1 heterocycles. The molecule has 0 bridgehead atoms. The van der Waals surface area contributed by atoms with Crippen LogP contribution in [0.2, 0.25) is 0 Å². The van der Waals surface area contributed by atoms with E-state index in [2.05, 4.69) is 6.92 Å². The quantitative estimate of drug-likeness (QED) is 0.538. The topological polar surface area (TPSA) is 26.3 Å². The number of fused-ring (bicyclic) bond motifs is 1. The minimum absolute atomic E-state index is 0.0576. The molecule has 0 amide bonds. The van der Waals surface area contributed by atoms with Crippen molar-refractivity contribution in [3.05, 3.63) is 0 Å². The monoisotopic (exact) mass is 154 g/mol. The van der Waals surface area contributed by atoms with Gasteiger partial charge in [-0.2, -0.15) is 0 Å². The van der Waals surface area contributed by atoms with Crippen LogP contribution in [0, 0.1) is 11.8 Å². The minimum Gasteiger partial charge on any atom is -0.462 e. The number of carbonyl (C=O) groups excluding carboxylic acids is 1. The molecule has 0 radical (unpaired) electrons. The molecule has 1 aliphatic carbocycles. The van der Waals surface area contributed by atoms with Gasteiger partial charge >= 0.3 is 5.97 Å². The Bertz CT molecular complexity index is 176. The van der Waals surface area contributed by atoms with Gasteiger partial charge in [0.2, 0.25) is 0 Å². The van der Waals surface area contributed by atoms with E-state index in [1.165, 1.54) is 12.8 Å². The van der Waals surface area contributed by atoms with Gasteiger partial charge in [0.1, 0.15) is 6.10 Å². The van der Waals surface area contributed by atoms with E-state index in [1.54, 1.807) is 0 Å². The predicted molar refractivity (Wildman–Crippen MR) is 41.0 cm³/mol. The number of hydrogen-bond acceptors (Lipinski definition) is 2. The van der Waals surface area contributed by atoms with Crippen LogP contribution in [-0.2, 0) is 9.53 Å². The Morgan fingerprint density at radius 1 is 1.55 bits per heavy atom. The number of esters is 1. The van der Waals surface area contributed by atoms with Crippen LogP contribution >= 0.6 is 0 Å². The molecule has 2 heteroatoms. The summed E-state index contributed by atoms with van der Waals surface area (Å²) in [7, 11) is 0. The van der Waals surface area contributed by atoms with Crippen molar-refractivity contribution in [1.29, 1.82) is 0 Å². The van der Waals surface area contributed by atoms with Gasteiger partial charge in [-0.05, 0) is 25.7 Å². The van der Waals surface area contributed by atoms with Gasteiger partial charge in [-0.1, -0.05) is 6.92 Å². The van der Waals surface area contributed by atoms with Crippen LogP contribution in [0.15, 0.2) is 0 Å². The first-order chi connectivity index (χ1) is 5.33. The van der Waals surface area contributed by atoms with Gasteiger partial charge in [0.25, 0.3) is 0 Å². The zero-order valence-corrected chi connectivity index (χ0v) is 6.88. The summed E-state index contributed by atoms with van der Waals surface area (Å²) in [6, 6.07) is 0. The lowest BCUT2D eigenvalue weighted by molar-refractivity contribution is -0.144. The van der Waals surface area contributed by atoms with Crippen molar-refractivity contribution < 1.29 is 9.53 Å². The summed E-state index contributed by atoms with van der Waals surface area (Å²) in [5.74, 6) is 0.845. The van der Waals surface area contributed by atoms with Crippen molar-refractivity contribution in [2.75, 3.05) is 0 Å². The largest absolute Gasteiger partial charge is 0.462 e. The first kappa shape index (κ1) is 7.14. The molecule has 2 fully saturated rings. The van der Waals surface area contributed by atoms with Crippen molar-refractivity contribution in [1.82, 2.24) is 0 Å². The van der Waals surface area contributed by atoms with E-state index in [1.807, 2.05) is 0 Å². The maximum atomic E-state index is 11.2. The Kier molecular flexibility index (Phi) is 1.63. The van der Waals surface area contributed by atoms with Gasteiger partial charge in [-0.15, -0.1) is 0 Å². The van der Waals surface area contributed by atoms with Crippen LogP contribution in [0.1, 0.15) is 32.6 Å². The summed E-state index contributed by atoms with van der Waals surface area (Å²) in [5, 5.41) is 0. The van der Waals surface area contributed by atoms with Gasteiger partial charge in [0.05, 0.1) is 5.92 Å². The number of ether oxygens (including phenoxy) is 1. The van der Waals surface area contributed by atoms with E-state index < -0.39 is 0 Å². The summed E-state index contributed by atoms with van der Waals surface area (Å²) >= 11 is 0. The van der Waals surface area contributed by atoms with Gasteiger partial charge in [-0.3, -0.25) is 4.79 Å². The van der Waals surface area contributed by atoms with Crippen molar-refractivity contribution >= 4 is 5.97 Å². The molecule has 62 valence electrons. The van der Waals surface area contributed by atoms with Crippen LogP contribution in [0.25, 0.3) is 0 Å². The molecule has 11 heavy (non-hydrogen) atoms. The molecule has 0 aromatic carbocycles. The minimum atomic E-state index is 0.0576. The second-order valence-electron chi connectivity index (χ2n) is 3.58. The fourth-order valence-electron chi connectivity index (χ4n) is 2.44. The van der Waals surface area contributed by atoms with E-state index in [0.29, 0.717) is 5.92 Å². The fraction of sp³-hybridized carbons (Fsp3) is 0.889. The maximum Gasteiger partial charge on any atom is 0.309 e. The highest BCUT2D eigenvalue weighted by Gasteiger charge is 2.45. The molecule has 1 aliphatic heterocycles. The van der Waals surface area contributed by atoms with E-state index in [9.17, 15) is 4.79 Å². The van der Waals surface area contributed by atoms with Crippen LogP contribution in [0.4, 0.5) is 0 Å². The Labute approximate surface area is 66.9 Å². The summed E-state index contributed by atoms with van der Waals surface area (Å²) in [5.41, 5.74) is 0. The Morgan fingerprint density at radius 2 is 2.36 bits per heavy atom. The van der Waals surface area contributed by atoms with Crippen LogP contribution in [0.5, 0.6) is 0 Å². The number of hydrogen-bond donors (Lipinski definition) is 0. The normalized spacial score (nSPS) is 42.3. The number of rotatable bonds is 1. The summed E-state index contributed by atoms with van der Waals surface area (Å²) in [6.07, 6.45) is 4.80. The summed E-state index contributed by atoms with van der Waals surface area (Å²) in [4.78, 5) is 11.2. The molecule has 0 N–H and O–H groups in total. The lowest BCUT2D eigenvalue weighted by Gasteiger charge is -2.09. The molecule has 3 atom stereocenters. The van der Waals surface area contributed by atoms with Crippen molar-refractivity contribution in [3.8, 4) is 0 Å².